The van der Waals surface area contributed by atoms with E-state index in [0.29, 0.717) is 17.5 Å². The second kappa shape index (κ2) is 13.6. The second-order valence-corrected chi connectivity index (χ2v) is 10.4. The van der Waals surface area contributed by atoms with Gasteiger partial charge < -0.3 is 25.4 Å². The number of rotatable bonds is 11. The Kier molecular flexibility index (Phi) is 11.9. The second-order valence-electron chi connectivity index (χ2n) is 10.00. The zero-order chi connectivity index (χ0) is 26.9. The van der Waals surface area contributed by atoms with E-state index < -0.39 is 35.6 Å². The number of hydrogen-bond donors (Lipinski definition) is 4. The van der Waals surface area contributed by atoms with Crippen LogP contribution in [-0.4, -0.2) is 57.4 Å². The van der Waals surface area contributed by atoms with E-state index in [1.165, 1.54) is 4.90 Å². The van der Waals surface area contributed by atoms with Gasteiger partial charge in [0.05, 0.1) is 0 Å². The van der Waals surface area contributed by atoms with Crippen molar-refractivity contribution < 1.29 is 24.2 Å². The fourth-order valence-corrected chi connectivity index (χ4v) is 4.01. The molecule has 0 saturated carbocycles. The Bertz CT molecular complexity index is 871. The van der Waals surface area contributed by atoms with E-state index in [4.69, 9.17) is 4.74 Å². The summed E-state index contributed by atoms with van der Waals surface area (Å²) in [4.78, 5) is 41.4. The van der Waals surface area contributed by atoms with E-state index in [9.17, 15) is 19.5 Å². The van der Waals surface area contributed by atoms with E-state index in [-0.39, 0.29) is 23.6 Å². The zero-order valence-corrected chi connectivity index (χ0v) is 23.2. The van der Waals surface area contributed by atoms with Gasteiger partial charge in [0.1, 0.15) is 23.4 Å². The molecule has 0 spiro atoms. The number of alkyl carbamates (subject to hydrolysis) is 1. The Morgan fingerprint density at radius 1 is 1.14 bits per heavy atom. The topological polar surface area (TPSA) is 108 Å². The number of carbonyl (C=O) groups excluding carboxylic acids is 3. The van der Waals surface area contributed by atoms with Crippen molar-refractivity contribution in [2.75, 3.05) is 5.75 Å². The molecule has 0 aliphatic carbocycles. The zero-order valence-electron chi connectivity index (χ0n) is 22.3. The fraction of sp³-hybridized carbons (Fsp3) is 0.654. The third kappa shape index (κ3) is 8.94. The van der Waals surface area contributed by atoms with Crippen molar-refractivity contribution >= 4 is 30.5 Å². The third-order valence-corrected chi connectivity index (χ3v) is 6.06. The summed E-state index contributed by atoms with van der Waals surface area (Å²) in [5.74, 6) is -0.912. The first-order valence-corrected chi connectivity index (χ1v) is 12.9. The van der Waals surface area contributed by atoms with Crippen molar-refractivity contribution in [3.63, 3.8) is 0 Å². The average molecular weight is 510 g/mol. The highest BCUT2D eigenvalue weighted by Crippen LogP contribution is 2.34. The molecule has 1 rings (SSSR count). The minimum Gasteiger partial charge on any atom is -0.507 e. The molecule has 9 heteroatoms. The van der Waals surface area contributed by atoms with E-state index in [1.807, 2.05) is 27.7 Å². The molecule has 0 aromatic heterocycles. The summed E-state index contributed by atoms with van der Waals surface area (Å²) in [5, 5.41) is 16.5. The van der Waals surface area contributed by atoms with E-state index in [2.05, 4.69) is 23.3 Å². The van der Waals surface area contributed by atoms with Crippen LogP contribution in [0.4, 0.5) is 4.79 Å². The predicted molar refractivity (Wildman–Crippen MR) is 142 cm³/mol. The molecule has 0 saturated heterocycles. The monoisotopic (exact) mass is 509 g/mol. The molecule has 1 aromatic carbocycles. The summed E-state index contributed by atoms with van der Waals surface area (Å²) in [6.45, 7) is 14.6. The molecule has 3 N–H and O–H groups in total. The number of nitrogens with zero attached hydrogens (tertiary/aromatic N) is 1. The van der Waals surface area contributed by atoms with Crippen LogP contribution in [0.2, 0.25) is 0 Å². The number of aryl methyl sites for hydroxylation is 1. The molecule has 0 radical (unpaired) electrons. The van der Waals surface area contributed by atoms with E-state index >= 15 is 0 Å². The van der Waals surface area contributed by atoms with E-state index in [1.54, 1.807) is 45.9 Å². The van der Waals surface area contributed by atoms with Gasteiger partial charge in [0.25, 0.3) is 0 Å². The summed E-state index contributed by atoms with van der Waals surface area (Å²) in [5.41, 5.74) is 0.182. The lowest BCUT2D eigenvalue weighted by Crippen LogP contribution is -2.56. The normalized spacial score (nSPS) is 14.9. The summed E-state index contributed by atoms with van der Waals surface area (Å²) in [6, 6.07) is 2.52. The molecule has 198 valence electrons. The molecule has 0 aliphatic rings. The number of aromatic hydroxyl groups is 1. The molecule has 3 amide bonds. The number of amides is 3. The van der Waals surface area contributed by atoms with Crippen molar-refractivity contribution in [3.05, 3.63) is 29.3 Å². The van der Waals surface area contributed by atoms with Crippen LogP contribution in [0.1, 0.15) is 84.9 Å². The number of carbonyl (C=O) groups is 3. The van der Waals surface area contributed by atoms with Crippen molar-refractivity contribution in [3.8, 4) is 5.75 Å². The Morgan fingerprint density at radius 2 is 1.77 bits per heavy atom. The maximum Gasteiger partial charge on any atom is 0.408 e. The van der Waals surface area contributed by atoms with Gasteiger partial charge in [-0.25, -0.2) is 4.79 Å². The van der Waals surface area contributed by atoms with Crippen molar-refractivity contribution in [1.82, 2.24) is 15.5 Å². The molecule has 4 unspecified atom stereocenters. The molecule has 0 fully saturated rings. The third-order valence-electron chi connectivity index (χ3n) is 5.69. The number of para-hydroxylation sites is 1. The SMILES string of the molecule is CCCC(C)NC(=O)C(c1cccc(C)c1O)N(C(=O)C(CS)NC(=O)OC(C)(C)C)C(C)CC. The smallest absolute Gasteiger partial charge is 0.408 e. The van der Waals surface area contributed by atoms with Crippen LogP contribution in [0.5, 0.6) is 5.75 Å². The maximum absolute atomic E-state index is 13.8. The van der Waals surface area contributed by atoms with E-state index in [0.717, 1.165) is 12.8 Å². The summed E-state index contributed by atoms with van der Waals surface area (Å²) in [7, 11) is 0. The van der Waals surface area contributed by atoms with Crippen molar-refractivity contribution in [2.24, 2.45) is 0 Å². The lowest BCUT2D eigenvalue weighted by Gasteiger charge is -2.38. The predicted octanol–water partition coefficient (Wildman–Crippen LogP) is 4.50. The minimum absolute atomic E-state index is 0.00534. The number of ether oxygens (including phenoxy) is 1. The molecule has 35 heavy (non-hydrogen) atoms. The van der Waals surface area contributed by atoms with Gasteiger partial charge in [-0.3, -0.25) is 9.59 Å². The molecule has 8 nitrogen and oxygen atoms in total. The maximum atomic E-state index is 13.8. The van der Waals surface area contributed by atoms with Gasteiger partial charge in [-0.1, -0.05) is 38.5 Å². The van der Waals surface area contributed by atoms with Gasteiger partial charge in [0.2, 0.25) is 11.8 Å². The van der Waals surface area contributed by atoms with Crippen molar-refractivity contribution in [2.45, 2.75) is 104 Å². The molecule has 0 aliphatic heterocycles. The van der Waals surface area contributed by atoms with Gasteiger partial charge in [0, 0.05) is 23.4 Å². The fourth-order valence-electron chi connectivity index (χ4n) is 3.76. The lowest BCUT2D eigenvalue weighted by atomic mass is 9.97. The molecular formula is C26H43N3O5S. The van der Waals surface area contributed by atoms with Crippen LogP contribution in [0.25, 0.3) is 0 Å². The Morgan fingerprint density at radius 3 is 2.29 bits per heavy atom. The van der Waals surface area contributed by atoms with Crippen molar-refractivity contribution in [1.29, 1.82) is 0 Å². The lowest BCUT2D eigenvalue weighted by molar-refractivity contribution is -0.145. The Hall–Kier alpha value is -2.42. The molecule has 4 atom stereocenters. The van der Waals surface area contributed by atoms with Crippen LogP contribution >= 0.6 is 12.6 Å². The average Bonchev–Trinajstić information content (AvgIpc) is 2.75. The Balaban J connectivity index is 3.52. The first-order chi connectivity index (χ1) is 16.3. The number of phenolic OH excluding ortho intramolecular Hbond substituents is 1. The summed E-state index contributed by atoms with van der Waals surface area (Å²) < 4.78 is 5.32. The number of benzene rings is 1. The summed E-state index contributed by atoms with van der Waals surface area (Å²) >= 11 is 4.29. The number of hydrogen-bond acceptors (Lipinski definition) is 6. The highest BCUT2D eigenvalue weighted by atomic mass is 32.1. The van der Waals surface area contributed by atoms with Crippen LogP contribution in [0, 0.1) is 6.92 Å². The van der Waals surface area contributed by atoms with Gasteiger partial charge in [-0.15, -0.1) is 0 Å². The Labute approximate surface area is 215 Å². The number of phenols is 1. The van der Waals surface area contributed by atoms with Crippen LogP contribution in [-0.2, 0) is 14.3 Å². The highest BCUT2D eigenvalue weighted by molar-refractivity contribution is 7.80. The quantitative estimate of drug-likeness (QED) is 0.329. The van der Waals surface area contributed by atoms with Crippen LogP contribution < -0.4 is 10.6 Å². The number of nitrogens with one attached hydrogen (secondary N) is 2. The standard InChI is InChI=1S/C26H43N3O5S/c1-9-12-17(4)27-23(31)21(19-14-11-13-16(3)22(19)30)29(18(5)10-2)24(32)20(15-35)28-25(33)34-26(6,7)8/h11,13-14,17-18,20-21,30,35H,9-10,12,15H2,1-8H3,(H,27,31)(H,28,33). The molecule has 1 aromatic rings. The first kappa shape index (κ1) is 30.6. The number of thiol groups is 1. The minimum atomic E-state index is -1.10. The largest absolute Gasteiger partial charge is 0.507 e. The highest BCUT2D eigenvalue weighted by Gasteiger charge is 2.39. The van der Waals surface area contributed by atoms with Gasteiger partial charge in [-0.2, -0.15) is 12.6 Å². The first-order valence-electron chi connectivity index (χ1n) is 12.3. The van der Waals surface area contributed by atoms with Gasteiger partial charge in [-0.05, 0) is 59.9 Å². The van der Waals surface area contributed by atoms with Gasteiger partial charge in [0.15, 0.2) is 0 Å². The molecule has 0 bridgehead atoms. The van der Waals surface area contributed by atoms with Crippen LogP contribution in [0.15, 0.2) is 18.2 Å². The van der Waals surface area contributed by atoms with Crippen LogP contribution in [0.3, 0.4) is 0 Å². The molecule has 0 heterocycles. The summed E-state index contributed by atoms with van der Waals surface area (Å²) in [6.07, 6.45) is 1.47. The van der Waals surface area contributed by atoms with Gasteiger partial charge >= 0.3 is 6.09 Å². The molecular weight excluding hydrogens is 466 g/mol.